The van der Waals surface area contributed by atoms with E-state index in [2.05, 4.69) is 4.98 Å². The molecule has 0 atom stereocenters. The Hall–Kier alpha value is -1.65. The fraction of sp³-hybridized carbons (Fsp3) is 0.0714. The molecular formula is C14H11ClN2OS. The van der Waals surface area contributed by atoms with Crippen LogP contribution in [0.2, 0.25) is 5.02 Å². The molecule has 0 radical (unpaired) electrons. The molecule has 2 N–H and O–H groups in total. The minimum atomic E-state index is 0.637. The average molecular weight is 291 g/mol. The first-order valence-corrected chi connectivity index (χ1v) is 7.11. The molecule has 0 aliphatic carbocycles. The number of oxazole rings is 1. The number of benzene rings is 2. The van der Waals surface area contributed by atoms with Gasteiger partial charge in [-0.2, -0.15) is 0 Å². The second-order valence-electron chi connectivity index (χ2n) is 4.05. The van der Waals surface area contributed by atoms with Gasteiger partial charge in [0.1, 0.15) is 5.52 Å². The number of hydrogen-bond acceptors (Lipinski definition) is 4. The van der Waals surface area contributed by atoms with Gasteiger partial charge in [0.2, 0.25) is 5.89 Å². The Labute approximate surface area is 119 Å². The highest BCUT2D eigenvalue weighted by atomic mass is 35.5. The van der Waals surface area contributed by atoms with Crippen LogP contribution in [0.15, 0.2) is 51.8 Å². The summed E-state index contributed by atoms with van der Waals surface area (Å²) >= 11 is 7.70. The Morgan fingerprint density at radius 3 is 2.89 bits per heavy atom. The van der Waals surface area contributed by atoms with E-state index in [1.165, 1.54) is 0 Å². The first kappa shape index (κ1) is 12.4. The number of nitrogen functional groups attached to an aromatic ring is 1. The van der Waals surface area contributed by atoms with Gasteiger partial charge >= 0.3 is 0 Å². The molecule has 3 aromatic rings. The van der Waals surface area contributed by atoms with Crippen molar-refractivity contribution >= 4 is 40.1 Å². The van der Waals surface area contributed by atoms with Crippen LogP contribution in [0.4, 0.5) is 5.69 Å². The summed E-state index contributed by atoms with van der Waals surface area (Å²) in [7, 11) is 0. The maximum Gasteiger partial charge on any atom is 0.205 e. The lowest BCUT2D eigenvalue weighted by molar-refractivity contribution is 0.556. The number of rotatable bonds is 3. The van der Waals surface area contributed by atoms with Gasteiger partial charge in [-0.05, 0) is 30.3 Å². The normalized spacial score (nSPS) is 11.0. The first-order chi connectivity index (χ1) is 9.22. The lowest BCUT2D eigenvalue weighted by atomic mass is 10.3. The van der Waals surface area contributed by atoms with Crippen LogP contribution in [0.25, 0.3) is 11.1 Å². The summed E-state index contributed by atoms with van der Waals surface area (Å²) in [5, 5.41) is 0.743. The number of anilines is 1. The zero-order valence-electron chi connectivity index (χ0n) is 9.97. The van der Waals surface area contributed by atoms with Crippen molar-refractivity contribution in [1.82, 2.24) is 4.98 Å². The third kappa shape index (κ3) is 2.69. The van der Waals surface area contributed by atoms with Crippen molar-refractivity contribution in [2.24, 2.45) is 0 Å². The highest BCUT2D eigenvalue weighted by molar-refractivity contribution is 7.98. The number of aromatic nitrogens is 1. The quantitative estimate of drug-likeness (QED) is 0.575. The van der Waals surface area contributed by atoms with E-state index < -0.39 is 0 Å². The van der Waals surface area contributed by atoms with Crippen LogP contribution in [0.3, 0.4) is 0 Å². The summed E-state index contributed by atoms with van der Waals surface area (Å²) < 4.78 is 5.65. The zero-order chi connectivity index (χ0) is 13.2. The third-order valence-corrected chi connectivity index (χ3v) is 4.14. The van der Waals surface area contributed by atoms with Crippen LogP contribution >= 0.6 is 23.4 Å². The highest BCUT2D eigenvalue weighted by Gasteiger charge is 2.07. The van der Waals surface area contributed by atoms with Gasteiger partial charge in [-0.3, -0.25) is 0 Å². The molecule has 96 valence electrons. The second kappa shape index (κ2) is 5.15. The Morgan fingerprint density at radius 2 is 2.05 bits per heavy atom. The number of hydrogen-bond donors (Lipinski definition) is 1. The summed E-state index contributed by atoms with van der Waals surface area (Å²) in [6, 6.07) is 13.2. The minimum Gasteiger partial charge on any atom is -0.440 e. The number of nitrogens with zero attached hydrogens (tertiary/aromatic N) is 1. The summed E-state index contributed by atoms with van der Waals surface area (Å²) in [5.74, 6) is 1.31. The van der Waals surface area contributed by atoms with E-state index in [9.17, 15) is 0 Å². The lowest BCUT2D eigenvalue weighted by Crippen LogP contribution is -1.83. The Bertz CT molecular complexity index is 726. The van der Waals surface area contributed by atoms with Gasteiger partial charge in [-0.25, -0.2) is 4.98 Å². The van der Waals surface area contributed by atoms with Gasteiger partial charge in [0.05, 0.1) is 10.8 Å². The SMILES string of the molecule is Nc1ccc2oc(CSc3ccccc3Cl)nc2c1. The van der Waals surface area contributed by atoms with E-state index in [1.54, 1.807) is 17.8 Å². The maximum absolute atomic E-state index is 6.10. The molecule has 0 unspecified atom stereocenters. The van der Waals surface area contributed by atoms with Crippen LogP contribution in [0.1, 0.15) is 5.89 Å². The fourth-order valence-electron chi connectivity index (χ4n) is 1.76. The molecule has 3 nitrogen and oxygen atoms in total. The van der Waals surface area contributed by atoms with Gasteiger partial charge in [0, 0.05) is 10.6 Å². The molecule has 0 fully saturated rings. The average Bonchev–Trinajstić information content (AvgIpc) is 2.79. The monoisotopic (exact) mass is 290 g/mol. The number of thioether (sulfide) groups is 1. The Balaban J connectivity index is 1.80. The molecule has 0 aliphatic rings. The predicted octanol–water partition coefficient (Wildman–Crippen LogP) is 4.36. The number of halogens is 1. The van der Waals surface area contributed by atoms with Crippen LogP contribution in [-0.4, -0.2) is 4.98 Å². The van der Waals surface area contributed by atoms with Crippen molar-refractivity contribution in [3.8, 4) is 0 Å². The molecule has 0 spiro atoms. The molecular weight excluding hydrogens is 280 g/mol. The third-order valence-electron chi connectivity index (χ3n) is 2.64. The van der Waals surface area contributed by atoms with E-state index in [1.807, 2.05) is 36.4 Å². The first-order valence-electron chi connectivity index (χ1n) is 5.74. The standard InChI is InChI=1S/C14H11ClN2OS/c15-10-3-1-2-4-13(10)19-8-14-17-11-7-9(16)5-6-12(11)18-14/h1-7H,8,16H2. The zero-order valence-corrected chi connectivity index (χ0v) is 11.5. The molecule has 19 heavy (non-hydrogen) atoms. The van der Waals surface area contributed by atoms with E-state index in [0.29, 0.717) is 17.3 Å². The van der Waals surface area contributed by atoms with Crippen LogP contribution in [0, 0.1) is 0 Å². The summed E-state index contributed by atoms with van der Waals surface area (Å²) in [5.41, 5.74) is 7.94. The molecule has 0 bridgehead atoms. The second-order valence-corrected chi connectivity index (χ2v) is 5.48. The molecule has 0 aliphatic heterocycles. The Kier molecular flexibility index (Phi) is 3.36. The molecule has 0 amide bonds. The van der Waals surface area contributed by atoms with E-state index in [-0.39, 0.29) is 0 Å². The minimum absolute atomic E-state index is 0.637. The van der Waals surface area contributed by atoms with Gasteiger partial charge in [0.15, 0.2) is 5.58 Å². The molecule has 0 saturated carbocycles. The molecule has 5 heteroatoms. The smallest absolute Gasteiger partial charge is 0.205 e. The van der Waals surface area contributed by atoms with Crippen molar-refractivity contribution in [2.75, 3.05) is 5.73 Å². The predicted molar refractivity (Wildman–Crippen MR) is 79.4 cm³/mol. The van der Waals surface area contributed by atoms with E-state index in [0.717, 1.165) is 21.0 Å². The topological polar surface area (TPSA) is 52.0 Å². The van der Waals surface area contributed by atoms with Gasteiger partial charge < -0.3 is 10.2 Å². The molecule has 3 rings (SSSR count). The van der Waals surface area contributed by atoms with Crippen molar-refractivity contribution in [3.05, 3.63) is 53.4 Å². The molecule has 1 aromatic heterocycles. The highest BCUT2D eigenvalue weighted by Crippen LogP contribution is 2.30. The van der Waals surface area contributed by atoms with Crippen LogP contribution < -0.4 is 5.73 Å². The van der Waals surface area contributed by atoms with Gasteiger partial charge in [0.25, 0.3) is 0 Å². The maximum atomic E-state index is 6.10. The van der Waals surface area contributed by atoms with Crippen molar-refractivity contribution in [2.45, 2.75) is 10.6 Å². The van der Waals surface area contributed by atoms with Gasteiger partial charge in [-0.15, -0.1) is 11.8 Å². The summed E-state index contributed by atoms with van der Waals surface area (Å²) in [6.07, 6.45) is 0. The lowest BCUT2D eigenvalue weighted by Gasteiger charge is -2.00. The molecule has 0 saturated heterocycles. The largest absolute Gasteiger partial charge is 0.440 e. The number of nitrogens with two attached hydrogens (primary N) is 1. The van der Waals surface area contributed by atoms with Crippen molar-refractivity contribution in [3.63, 3.8) is 0 Å². The van der Waals surface area contributed by atoms with Gasteiger partial charge in [-0.1, -0.05) is 23.7 Å². The van der Waals surface area contributed by atoms with Crippen LogP contribution in [-0.2, 0) is 5.75 Å². The van der Waals surface area contributed by atoms with Crippen molar-refractivity contribution < 1.29 is 4.42 Å². The van der Waals surface area contributed by atoms with E-state index in [4.69, 9.17) is 21.8 Å². The fourth-order valence-corrected chi connectivity index (χ4v) is 2.84. The molecule has 2 aromatic carbocycles. The number of fused-ring (bicyclic) bond motifs is 1. The summed E-state index contributed by atoms with van der Waals surface area (Å²) in [4.78, 5) is 5.43. The van der Waals surface area contributed by atoms with Crippen molar-refractivity contribution in [1.29, 1.82) is 0 Å². The molecule has 1 heterocycles. The van der Waals surface area contributed by atoms with Crippen LogP contribution in [0.5, 0.6) is 0 Å². The summed E-state index contributed by atoms with van der Waals surface area (Å²) in [6.45, 7) is 0. The Morgan fingerprint density at radius 1 is 1.21 bits per heavy atom. The van der Waals surface area contributed by atoms with E-state index >= 15 is 0 Å².